The quantitative estimate of drug-likeness (QED) is 0.186. The molecule has 1 atom stereocenters. The van der Waals surface area contributed by atoms with Gasteiger partial charge >= 0.3 is 0 Å². The number of carbonyl (C=O) groups is 1. The van der Waals surface area contributed by atoms with Crippen molar-refractivity contribution in [1.82, 2.24) is 16.0 Å². The van der Waals surface area contributed by atoms with Crippen LogP contribution >= 0.6 is 35.3 Å². The first kappa shape index (κ1) is 25.5. The summed E-state index contributed by atoms with van der Waals surface area (Å²) in [6.07, 6.45) is 3.36. The number of benzene rings is 1. The molecule has 0 radical (unpaired) electrons. The van der Waals surface area contributed by atoms with Crippen molar-refractivity contribution < 1.29 is 4.79 Å². The van der Waals surface area contributed by atoms with Crippen molar-refractivity contribution in [1.29, 1.82) is 0 Å². The van der Waals surface area contributed by atoms with E-state index in [-0.39, 0.29) is 35.9 Å². The van der Waals surface area contributed by atoms with Gasteiger partial charge in [0.2, 0.25) is 0 Å². The number of nitrogens with zero attached hydrogens (tertiary/aromatic N) is 2. The van der Waals surface area contributed by atoms with E-state index >= 15 is 0 Å². The van der Waals surface area contributed by atoms with Crippen LogP contribution in [0.1, 0.15) is 54.4 Å². The highest BCUT2D eigenvalue weighted by atomic mass is 127. The number of guanidine groups is 1. The van der Waals surface area contributed by atoms with Crippen LogP contribution in [0, 0.1) is 0 Å². The van der Waals surface area contributed by atoms with Crippen molar-refractivity contribution in [2.75, 3.05) is 37.6 Å². The number of carbonyl (C=O) groups excluding carboxylic acids is 1. The van der Waals surface area contributed by atoms with E-state index in [4.69, 9.17) is 0 Å². The highest BCUT2D eigenvalue weighted by Gasteiger charge is 2.14. The second-order valence-electron chi connectivity index (χ2n) is 7.50. The van der Waals surface area contributed by atoms with Crippen molar-refractivity contribution in [2.24, 2.45) is 4.99 Å². The van der Waals surface area contributed by atoms with E-state index in [2.05, 4.69) is 64.0 Å². The zero-order valence-corrected chi connectivity index (χ0v) is 21.5. The first-order valence-corrected chi connectivity index (χ1v) is 11.8. The average Bonchev–Trinajstić information content (AvgIpc) is 3.47. The Balaban J connectivity index is 0.00000341. The summed E-state index contributed by atoms with van der Waals surface area (Å²) in [6, 6.07) is 12.7. The van der Waals surface area contributed by atoms with Gasteiger partial charge in [-0.05, 0) is 62.3 Å². The van der Waals surface area contributed by atoms with Crippen LogP contribution in [0.15, 0.2) is 46.8 Å². The van der Waals surface area contributed by atoms with Crippen molar-refractivity contribution in [3.05, 3.63) is 52.2 Å². The van der Waals surface area contributed by atoms with Crippen LogP contribution < -0.4 is 20.9 Å². The molecule has 170 valence electrons. The van der Waals surface area contributed by atoms with Crippen LogP contribution in [-0.4, -0.2) is 44.6 Å². The molecule has 1 fully saturated rings. The lowest BCUT2D eigenvalue weighted by Crippen LogP contribution is -2.39. The van der Waals surface area contributed by atoms with Gasteiger partial charge in [0, 0.05) is 38.4 Å². The summed E-state index contributed by atoms with van der Waals surface area (Å²) in [7, 11) is 0. The van der Waals surface area contributed by atoms with Gasteiger partial charge in [-0.2, -0.15) is 0 Å². The van der Waals surface area contributed by atoms with Gasteiger partial charge in [0.25, 0.3) is 5.91 Å². The summed E-state index contributed by atoms with van der Waals surface area (Å²) < 4.78 is 0. The Morgan fingerprint density at radius 2 is 2.00 bits per heavy atom. The number of nitrogens with one attached hydrogen (secondary N) is 3. The van der Waals surface area contributed by atoms with E-state index in [0.717, 1.165) is 36.9 Å². The Labute approximate surface area is 206 Å². The van der Waals surface area contributed by atoms with Crippen LogP contribution in [0.3, 0.4) is 0 Å². The monoisotopic (exact) mass is 555 g/mol. The molecule has 0 saturated carbocycles. The topological polar surface area (TPSA) is 68.8 Å². The van der Waals surface area contributed by atoms with Crippen LogP contribution in [-0.2, 0) is 0 Å². The molecule has 0 bridgehead atoms. The smallest absolute Gasteiger partial charge is 0.261 e. The maximum atomic E-state index is 12.0. The Morgan fingerprint density at radius 1 is 1.19 bits per heavy atom. The molecule has 6 nitrogen and oxygen atoms in total. The lowest BCUT2D eigenvalue weighted by Gasteiger charge is -2.22. The first-order valence-electron chi connectivity index (χ1n) is 10.9. The van der Waals surface area contributed by atoms with Gasteiger partial charge < -0.3 is 20.9 Å². The summed E-state index contributed by atoms with van der Waals surface area (Å²) in [5, 5.41) is 11.7. The van der Waals surface area contributed by atoms with Crippen LogP contribution in [0.25, 0.3) is 0 Å². The summed E-state index contributed by atoms with van der Waals surface area (Å²) in [5.41, 5.74) is 2.57. The predicted octanol–water partition coefficient (Wildman–Crippen LogP) is 4.40. The number of amides is 1. The maximum Gasteiger partial charge on any atom is 0.261 e. The van der Waals surface area contributed by atoms with Crippen LogP contribution in [0.5, 0.6) is 0 Å². The number of hydrogen-bond acceptors (Lipinski definition) is 4. The molecule has 0 spiro atoms. The van der Waals surface area contributed by atoms with E-state index in [9.17, 15) is 4.79 Å². The van der Waals surface area contributed by atoms with E-state index in [0.29, 0.717) is 13.1 Å². The molecule has 3 N–H and O–H groups in total. The third-order valence-corrected chi connectivity index (χ3v) is 6.04. The molecule has 2 heterocycles. The molecule has 0 aliphatic carbocycles. The van der Waals surface area contributed by atoms with Crippen LogP contribution in [0.4, 0.5) is 5.69 Å². The van der Waals surface area contributed by atoms with E-state index in [1.165, 1.54) is 35.4 Å². The number of hydrogen-bond donors (Lipinski definition) is 3. The fraction of sp³-hybridized carbons (Fsp3) is 0.478. The van der Waals surface area contributed by atoms with Gasteiger partial charge in [0.15, 0.2) is 5.96 Å². The minimum Gasteiger partial charge on any atom is -0.372 e. The molecule has 1 saturated heterocycles. The fourth-order valence-corrected chi connectivity index (χ4v) is 4.18. The number of aliphatic imine (C=N–C) groups is 1. The Hall–Kier alpha value is -1.81. The summed E-state index contributed by atoms with van der Waals surface area (Å²) >= 11 is 1.46. The highest BCUT2D eigenvalue weighted by molar-refractivity contribution is 14.0. The maximum absolute atomic E-state index is 12.0. The van der Waals surface area contributed by atoms with Gasteiger partial charge in [0.05, 0.1) is 10.9 Å². The van der Waals surface area contributed by atoms with Crippen molar-refractivity contribution in [2.45, 2.75) is 39.2 Å². The Kier molecular flexibility index (Phi) is 11.1. The molecular weight excluding hydrogens is 521 g/mol. The summed E-state index contributed by atoms with van der Waals surface area (Å²) in [6.45, 7) is 8.61. The third kappa shape index (κ3) is 7.99. The lowest BCUT2D eigenvalue weighted by atomic mass is 10.1. The van der Waals surface area contributed by atoms with E-state index < -0.39 is 0 Å². The number of thiophene rings is 1. The normalized spacial score (nSPS) is 14.6. The SMILES string of the molecule is CCNC(=NCCCNC(=O)c1cccs1)NC(C)c1cccc(N2CCCC2)c1.I. The summed E-state index contributed by atoms with van der Waals surface area (Å²) in [5.74, 6) is 0.798. The second-order valence-corrected chi connectivity index (χ2v) is 8.45. The summed E-state index contributed by atoms with van der Waals surface area (Å²) in [4.78, 5) is 19.8. The largest absolute Gasteiger partial charge is 0.372 e. The molecular formula is C23H34IN5OS. The van der Waals surface area contributed by atoms with Gasteiger partial charge in [-0.1, -0.05) is 18.2 Å². The van der Waals surface area contributed by atoms with Crippen molar-refractivity contribution in [3.8, 4) is 0 Å². The number of anilines is 1. The molecule has 1 unspecified atom stereocenters. The van der Waals surface area contributed by atoms with E-state index in [1.54, 1.807) is 0 Å². The molecule has 1 aliphatic heterocycles. The minimum atomic E-state index is -0.00878. The molecule has 1 aromatic carbocycles. The van der Waals surface area contributed by atoms with Gasteiger partial charge in [-0.25, -0.2) is 0 Å². The van der Waals surface area contributed by atoms with E-state index in [1.807, 2.05) is 17.5 Å². The molecule has 1 aliphatic rings. The van der Waals surface area contributed by atoms with Crippen molar-refractivity contribution >= 4 is 52.9 Å². The molecule has 1 amide bonds. The predicted molar refractivity (Wildman–Crippen MR) is 142 cm³/mol. The molecule has 2 aromatic rings. The molecule has 8 heteroatoms. The first-order chi connectivity index (χ1) is 14.7. The zero-order chi connectivity index (χ0) is 21.2. The standard InChI is InChI=1S/C23H33N5OS.HI/c1-3-24-23(26-13-8-12-25-22(29)21-11-7-16-30-21)27-18(2)19-9-6-10-20(17-19)28-14-4-5-15-28;/h6-7,9-11,16-18H,3-5,8,12-15H2,1-2H3,(H,25,29)(H2,24,26,27);1H. The minimum absolute atomic E-state index is 0. The fourth-order valence-electron chi connectivity index (χ4n) is 3.54. The third-order valence-electron chi connectivity index (χ3n) is 5.17. The van der Waals surface area contributed by atoms with Crippen LogP contribution in [0.2, 0.25) is 0 Å². The number of halogens is 1. The Morgan fingerprint density at radius 3 is 2.71 bits per heavy atom. The average molecular weight is 556 g/mol. The van der Waals surface area contributed by atoms with Gasteiger partial charge in [0.1, 0.15) is 0 Å². The zero-order valence-electron chi connectivity index (χ0n) is 18.4. The molecule has 1 aromatic heterocycles. The number of rotatable bonds is 9. The molecule has 31 heavy (non-hydrogen) atoms. The Bertz CT molecular complexity index is 821. The second kappa shape index (κ2) is 13.6. The lowest BCUT2D eigenvalue weighted by molar-refractivity contribution is 0.0957. The van der Waals surface area contributed by atoms with Gasteiger partial charge in [-0.15, -0.1) is 35.3 Å². The van der Waals surface area contributed by atoms with Gasteiger partial charge in [-0.3, -0.25) is 9.79 Å². The molecule has 3 rings (SSSR count). The highest BCUT2D eigenvalue weighted by Crippen LogP contribution is 2.23. The van der Waals surface area contributed by atoms with Crippen molar-refractivity contribution in [3.63, 3.8) is 0 Å².